The van der Waals surface area contributed by atoms with Gasteiger partial charge in [-0.05, 0) is 65.9 Å². The molecule has 10 nitrogen and oxygen atoms in total. The van der Waals surface area contributed by atoms with Crippen LogP contribution in [0.15, 0.2) is 115 Å². The summed E-state index contributed by atoms with van der Waals surface area (Å²) in [5, 5.41) is 2.53. The molecule has 59 heavy (non-hydrogen) atoms. The first-order chi connectivity index (χ1) is 28.8. The van der Waals surface area contributed by atoms with Gasteiger partial charge >= 0.3 is 0 Å². The summed E-state index contributed by atoms with van der Waals surface area (Å²) in [5.74, 6) is 1.58. The van der Waals surface area contributed by atoms with E-state index < -0.39 is 0 Å². The Morgan fingerprint density at radius 2 is 1.27 bits per heavy atom. The number of carbonyl (C=O) groups excluding carboxylic acids is 2. The summed E-state index contributed by atoms with van der Waals surface area (Å²) in [5.41, 5.74) is 4.35. The van der Waals surface area contributed by atoms with E-state index in [1.54, 1.807) is 18.2 Å². The molecule has 0 N–H and O–H groups in total. The second kappa shape index (κ2) is 20.5. The zero-order valence-electron chi connectivity index (χ0n) is 32.9. The minimum atomic E-state index is -0.240. The minimum Gasteiger partial charge on any atom is -0.343 e. The van der Waals surface area contributed by atoms with Crippen LogP contribution in [0.25, 0.3) is 6.08 Å². The Morgan fingerprint density at radius 1 is 0.712 bits per heavy atom. The molecule has 4 aromatic carbocycles. The Labute approximate surface area is 357 Å². The first-order valence-electron chi connectivity index (χ1n) is 19.7. The fourth-order valence-corrected chi connectivity index (χ4v) is 8.54. The van der Waals surface area contributed by atoms with Gasteiger partial charge in [0.25, 0.3) is 0 Å². The van der Waals surface area contributed by atoms with Crippen LogP contribution in [0.3, 0.4) is 0 Å². The monoisotopic (exact) mass is 848 g/mol. The van der Waals surface area contributed by atoms with Gasteiger partial charge in [0.15, 0.2) is 0 Å². The predicted molar refractivity (Wildman–Crippen MR) is 236 cm³/mol. The fourth-order valence-electron chi connectivity index (χ4n) is 6.96. The van der Waals surface area contributed by atoms with Crippen molar-refractivity contribution in [2.45, 2.75) is 38.6 Å². The van der Waals surface area contributed by atoms with Gasteiger partial charge in [-0.2, -0.15) is 8.75 Å². The van der Waals surface area contributed by atoms with Gasteiger partial charge in [0, 0.05) is 105 Å². The average Bonchev–Trinajstić information content (AvgIpc) is 3.95. The zero-order valence-corrected chi connectivity index (χ0v) is 35.3. The molecule has 8 rings (SSSR count). The molecular formula is C45H46ClFN8O2S2. The number of anilines is 2. The molecule has 2 aliphatic rings. The molecule has 0 radical (unpaired) electrons. The molecule has 0 bridgehead atoms. The van der Waals surface area contributed by atoms with Gasteiger partial charge in [0.2, 0.25) is 22.1 Å². The highest BCUT2D eigenvalue weighted by molar-refractivity contribution is 7.10. The van der Waals surface area contributed by atoms with Crippen LogP contribution in [0.4, 0.5) is 14.7 Å². The summed E-state index contributed by atoms with van der Waals surface area (Å²) < 4.78 is 22.0. The molecule has 6 aromatic rings. The van der Waals surface area contributed by atoms with Crippen molar-refractivity contribution in [3.63, 3.8) is 0 Å². The van der Waals surface area contributed by atoms with Crippen molar-refractivity contribution in [3.8, 4) is 0 Å². The molecule has 4 heterocycles. The molecular weight excluding hydrogens is 803 g/mol. The number of halogens is 2. The largest absolute Gasteiger partial charge is 0.343 e. The second-order valence-corrected chi connectivity index (χ2v) is 16.4. The average molecular weight is 850 g/mol. The smallest absolute Gasteiger partial charge is 0.246 e. The van der Waals surface area contributed by atoms with Crippen LogP contribution in [0.5, 0.6) is 0 Å². The van der Waals surface area contributed by atoms with Crippen LogP contribution in [-0.2, 0) is 28.9 Å². The number of nitrogens with zero attached hydrogens (tertiary/aromatic N) is 8. The molecule has 1 unspecified atom stereocenters. The van der Waals surface area contributed by atoms with Crippen molar-refractivity contribution in [3.05, 3.63) is 160 Å². The number of amides is 2. The molecule has 0 spiro atoms. The van der Waals surface area contributed by atoms with Gasteiger partial charge in [-0.1, -0.05) is 96.5 Å². The summed E-state index contributed by atoms with van der Waals surface area (Å²) in [4.78, 5) is 42.8. The highest BCUT2D eigenvalue weighted by atomic mass is 35.5. The normalized spacial score (nSPS) is 15.6. The van der Waals surface area contributed by atoms with E-state index in [-0.39, 0.29) is 23.7 Å². The lowest BCUT2D eigenvalue weighted by Gasteiger charge is -2.39. The van der Waals surface area contributed by atoms with Crippen LogP contribution in [0.2, 0.25) is 5.02 Å². The maximum absolute atomic E-state index is 13.1. The van der Waals surface area contributed by atoms with Gasteiger partial charge < -0.3 is 19.6 Å². The number of hydrogen-bond donors (Lipinski definition) is 0. The highest BCUT2D eigenvalue weighted by Crippen LogP contribution is 2.24. The summed E-state index contributed by atoms with van der Waals surface area (Å²) in [6.07, 6.45) is 6.11. The Hall–Kier alpha value is -5.50. The van der Waals surface area contributed by atoms with Crippen molar-refractivity contribution in [2.24, 2.45) is 0 Å². The Kier molecular flexibility index (Phi) is 14.4. The molecule has 1 atom stereocenters. The lowest BCUT2D eigenvalue weighted by Crippen LogP contribution is -2.54. The number of rotatable bonds is 11. The van der Waals surface area contributed by atoms with Crippen LogP contribution < -0.4 is 9.80 Å². The van der Waals surface area contributed by atoms with Gasteiger partial charge in [0.05, 0.1) is 0 Å². The van der Waals surface area contributed by atoms with Crippen molar-refractivity contribution in [1.29, 1.82) is 0 Å². The van der Waals surface area contributed by atoms with Gasteiger partial charge in [-0.3, -0.25) is 9.59 Å². The third-order valence-corrected chi connectivity index (χ3v) is 12.1. The van der Waals surface area contributed by atoms with Crippen LogP contribution in [-0.4, -0.2) is 92.2 Å². The molecule has 2 fully saturated rings. The number of aryl methyl sites for hydroxylation is 1. The summed E-state index contributed by atoms with van der Waals surface area (Å²) in [7, 11) is 0. The van der Waals surface area contributed by atoms with E-state index >= 15 is 0 Å². The first kappa shape index (κ1) is 41.7. The van der Waals surface area contributed by atoms with E-state index in [2.05, 4.69) is 47.6 Å². The molecule has 2 saturated heterocycles. The quantitative estimate of drug-likeness (QED) is 0.121. The van der Waals surface area contributed by atoms with Crippen molar-refractivity contribution in [2.75, 3.05) is 55.6 Å². The standard InChI is InChI=1S/C23H25FN4OS.C22H21ClN4OS/c1-17-16-27(13-14-28(17)22(29)12-9-18-5-3-2-4-6-18)23-25-21(26-30-23)15-19-7-10-20(24)11-8-19;23-19-9-6-18(7-10-19)16-20-24-22(29-25-20)27-14-12-26(13-15-27)21(28)11-8-17-4-2-1-3-5-17/h2-8,10-11,17H,9,12-16H2,1H3;1-11H,12-16H2/b;11-8+. The maximum atomic E-state index is 13.1. The highest BCUT2D eigenvalue weighted by Gasteiger charge is 2.29. The fraction of sp³-hybridized carbons (Fsp3) is 0.289. The van der Waals surface area contributed by atoms with Gasteiger partial charge in [0.1, 0.15) is 17.5 Å². The third-order valence-electron chi connectivity index (χ3n) is 10.2. The van der Waals surface area contributed by atoms with Crippen molar-refractivity contribution in [1.82, 2.24) is 28.5 Å². The summed E-state index contributed by atoms with van der Waals surface area (Å²) in [6, 6.07) is 34.3. The number of carbonyl (C=O) groups is 2. The molecule has 2 aliphatic heterocycles. The minimum absolute atomic E-state index is 0.0502. The number of benzene rings is 4. The topological polar surface area (TPSA) is 98.7 Å². The molecule has 0 aliphatic carbocycles. The number of piperazine rings is 2. The zero-order chi connectivity index (χ0) is 41.0. The number of aromatic nitrogens is 4. The molecule has 0 saturated carbocycles. The SMILES string of the molecule is CC1CN(c2nc(Cc3ccc(F)cc3)ns2)CCN1C(=O)CCc1ccccc1.O=C(/C=C/c1ccccc1)N1CCN(c2nc(Cc3ccc(Cl)cc3)ns2)CC1. The van der Waals surface area contributed by atoms with E-state index in [1.807, 2.05) is 88.7 Å². The summed E-state index contributed by atoms with van der Waals surface area (Å²) in [6.45, 7) is 7.19. The van der Waals surface area contributed by atoms with Crippen LogP contribution >= 0.6 is 34.7 Å². The number of hydrogen-bond acceptors (Lipinski definition) is 10. The van der Waals surface area contributed by atoms with Gasteiger partial charge in [-0.25, -0.2) is 14.4 Å². The molecule has 14 heteroatoms. The Balaban J connectivity index is 0.000000179. The van der Waals surface area contributed by atoms with Gasteiger partial charge in [-0.15, -0.1) is 0 Å². The maximum Gasteiger partial charge on any atom is 0.246 e. The molecule has 2 aromatic heterocycles. The lowest BCUT2D eigenvalue weighted by molar-refractivity contribution is -0.133. The van der Waals surface area contributed by atoms with E-state index in [9.17, 15) is 14.0 Å². The Morgan fingerprint density at radius 3 is 1.88 bits per heavy atom. The first-order valence-corrected chi connectivity index (χ1v) is 21.7. The lowest BCUT2D eigenvalue weighted by atomic mass is 10.1. The van der Waals surface area contributed by atoms with Crippen molar-refractivity contribution >= 4 is 62.8 Å². The molecule has 304 valence electrons. The van der Waals surface area contributed by atoms with Crippen molar-refractivity contribution < 1.29 is 14.0 Å². The summed E-state index contributed by atoms with van der Waals surface area (Å²) >= 11 is 8.74. The van der Waals surface area contributed by atoms with Crippen LogP contribution in [0, 0.1) is 5.82 Å². The second-order valence-electron chi connectivity index (χ2n) is 14.5. The predicted octanol–water partition coefficient (Wildman–Crippen LogP) is 8.08. The third kappa shape index (κ3) is 12.0. The molecule has 2 amide bonds. The van der Waals surface area contributed by atoms with E-state index in [0.717, 1.165) is 76.2 Å². The van der Waals surface area contributed by atoms with E-state index in [1.165, 1.54) is 40.8 Å². The van der Waals surface area contributed by atoms with E-state index in [4.69, 9.17) is 11.6 Å². The van der Waals surface area contributed by atoms with E-state index in [0.29, 0.717) is 38.9 Å². The van der Waals surface area contributed by atoms with Crippen LogP contribution in [0.1, 0.15) is 47.2 Å². The Bertz CT molecular complexity index is 2280.